The zero-order chi connectivity index (χ0) is 17.1. The van der Waals surface area contributed by atoms with E-state index in [1.807, 2.05) is 24.3 Å². The SMILES string of the molecule is CC(C)Cc1nc(C[S@@](=O)CC(=O)N2CCc3ccccc32)no1. The Morgan fingerprint density at radius 3 is 2.96 bits per heavy atom. The fourth-order valence-corrected chi connectivity index (χ4v) is 3.73. The van der Waals surface area contributed by atoms with Crippen molar-refractivity contribution >= 4 is 22.4 Å². The third-order valence-electron chi connectivity index (χ3n) is 3.86. The van der Waals surface area contributed by atoms with Crippen molar-refractivity contribution in [3.63, 3.8) is 0 Å². The molecule has 24 heavy (non-hydrogen) atoms. The molecule has 0 N–H and O–H groups in total. The molecular weight excluding hydrogens is 326 g/mol. The first-order chi connectivity index (χ1) is 11.5. The second kappa shape index (κ2) is 7.25. The summed E-state index contributed by atoms with van der Waals surface area (Å²) in [4.78, 5) is 18.4. The predicted molar refractivity (Wildman–Crippen MR) is 92.1 cm³/mol. The number of amides is 1. The second-order valence-electron chi connectivity index (χ2n) is 6.35. The Kier molecular flexibility index (Phi) is 5.08. The Bertz CT molecular complexity index is 757. The van der Waals surface area contributed by atoms with Gasteiger partial charge in [0.15, 0.2) is 5.82 Å². The summed E-state index contributed by atoms with van der Waals surface area (Å²) < 4.78 is 17.4. The minimum absolute atomic E-state index is 0.0254. The maximum absolute atomic E-state index is 12.4. The van der Waals surface area contributed by atoms with E-state index in [1.54, 1.807) is 4.90 Å². The van der Waals surface area contributed by atoms with Crippen molar-refractivity contribution in [2.24, 2.45) is 5.92 Å². The van der Waals surface area contributed by atoms with Gasteiger partial charge in [-0.05, 0) is 24.0 Å². The molecule has 1 atom stereocenters. The molecule has 2 heterocycles. The van der Waals surface area contributed by atoms with E-state index in [4.69, 9.17) is 4.52 Å². The fourth-order valence-electron chi connectivity index (χ4n) is 2.79. The van der Waals surface area contributed by atoms with Crippen LogP contribution in [0.25, 0.3) is 0 Å². The van der Waals surface area contributed by atoms with Gasteiger partial charge in [0.1, 0.15) is 5.75 Å². The minimum Gasteiger partial charge on any atom is -0.339 e. The quantitative estimate of drug-likeness (QED) is 0.800. The smallest absolute Gasteiger partial charge is 0.239 e. The zero-order valence-corrected chi connectivity index (χ0v) is 14.7. The monoisotopic (exact) mass is 347 g/mol. The molecule has 1 amide bonds. The number of aromatic nitrogens is 2. The van der Waals surface area contributed by atoms with E-state index in [-0.39, 0.29) is 17.4 Å². The molecule has 1 aliphatic heterocycles. The summed E-state index contributed by atoms with van der Waals surface area (Å²) in [5.74, 6) is 1.37. The highest BCUT2D eigenvalue weighted by Gasteiger charge is 2.25. The van der Waals surface area contributed by atoms with Gasteiger partial charge in [0, 0.05) is 29.5 Å². The number of carbonyl (C=O) groups excluding carboxylic acids is 1. The Labute approximate surface area is 143 Å². The van der Waals surface area contributed by atoms with Crippen molar-refractivity contribution in [2.45, 2.75) is 32.4 Å². The zero-order valence-electron chi connectivity index (χ0n) is 13.9. The molecule has 0 fully saturated rings. The first kappa shape index (κ1) is 16.8. The third kappa shape index (κ3) is 3.90. The Hall–Kier alpha value is -2.02. The van der Waals surface area contributed by atoms with E-state index in [2.05, 4.69) is 24.0 Å². The van der Waals surface area contributed by atoms with Crippen LogP contribution in [0.5, 0.6) is 0 Å². The average Bonchev–Trinajstić information content (AvgIpc) is 3.13. The van der Waals surface area contributed by atoms with Crippen LogP contribution in [0.1, 0.15) is 31.1 Å². The number of para-hydroxylation sites is 1. The normalized spacial score (nSPS) is 14.9. The number of benzene rings is 1. The number of anilines is 1. The summed E-state index contributed by atoms with van der Waals surface area (Å²) in [6.45, 7) is 4.78. The number of rotatable bonds is 6. The van der Waals surface area contributed by atoms with Crippen LogP contribution in [0.4, 0.5) is 5.69 Å². The van der Waals surface area contributed by atoms with Gasteiger partial charge >= 0.3 is 0 Å². The number of hydrogen-bond donors (Lipinski definition) is 0. The number of carbonyl (C=O) groups is 1. The van der Waals surface area contributed by atoms with Crippen molar-refractivity contribution in [2.75, 3.05) is 17.2 Å². The molecule has 1 aromatic carbocycles. The highest BCUT2D eigenvalue weighted by molar-refractivity contribution is 7.84. The van der Waals surface area contributed by atoms with Crippen LogP contribution in [0.15, 0.2) is 28.8 Å². The van der Waals surface area contributed by atoms with Gasteiger partial charge < -0.3 is 9.42 Å². The standard InChI is InChI=1S/C17H21N3O3S/c1-12(2)9-16-18-15(19-23-16)10-24(22)11-17(21)20-8-7-13-5-3-4-6-14(13)20/h3-6,12H,7-11H2,1-2H3/t24-/m1/s1. The van der Waals surface area contributed by atoms with Crippen LogP contribution in [-0.4, -0.2) is 32.6 Å². The fraction of sp³-hybridized carbons (Fsp3) is 0.471. The summed E-state index contributed by atoms with van der Waals surface area (Å²) in [6, 6.07) is 7.84. The van der Waals surface area contributed by atoms with Gasteiger partial charge in [-0.15, -0.1) is 0 Å². The van der Waals surface area contributed by atoms with E-state index in [9.17, 15) is 9.00 Å². The van der Waals surface area contributed by atoms with Gasteiger partial charge in [-0.25, -0.2) is 0 Å². The van der Waals surface area contributed by atoms with E-state index in [0.717, 1.165) is 17.7 Å². The molecule has 0 unspecified atom stereocenters. The predicted octanol–water partition coefficient (Wildman–Crippen LogP) is 2.11. The lowest BCUT2D eigenvalue weighted by Gasteiger charge is -2.16. The number of hydrogen-bond acceptors (Lipinski definition) is 5. The van der Waals surface area contributed by atoms with Gasteiger partial charge in [-0.1, -0.05) is 37.2 Å². The molecule has 1 aromatic heterocycles. The molecule has 0 bridgehead atoms. The molecule has 0 radical (unpaired) electrons. The topological polar surface area (TPSA) is 76.3 Å². The van der Waals surface area contributed by atoms with Gasteiger partial charge in [-0.3, -0.25) is 9.00 Å². The second-order valence-corrected chi connectivity index (χ2v) is 7.81. The van der Waals surface area contributed by atoms with Crippen molar-refractivity contribution in [1.29, 1.82) is 0 Å². The molecule has 3 rings (SSSR count). The van der Waals surface area contributed by atoms with Crippen molar-refractivity contribution in [3.05, 3.63) is 41.5 Å². The van der Waals surface area contributed by atoms with Crippen LogP contribution in [0.3, 0.4) is 0 Å². The lowest BCUT2D eigenvalue weighted by atomic mass is 10.1. The van der Waals surface area contributed by atoms with E-state index in [1.165, 1.54) is 0 Å². The van der Waals surface area contributed by atoms with E-state index in [0.29, 0.717) is 30.6 Å². The Morgan fingerprint density at radius 2 is 2.17 bits per heavy atom. The average molecular weight is 347 g/mol. The molecule has 0 spiro atoms. The maximum Gasteiger partial charge on any atom is 0.239 e. The molecule has 0 saturated carbocycles. The Balaban J connectivity index is 1.57. The molecule has 128 valence electrons. The van der Waals surface area contributed by atoms with E-state index < -0.39 is 10.8 Å². The molecule has 2 aromatic rings. The minimum atomic E-state index is -1.35. The van der Waals surface area contributed by atoms with Crippen molar-refractivity contribution < 1.29 is 13.5 Å². The Morgan fingerprint density at radius 1 is 1.38 bits per heavy atom. The summed E-state index contributed by atoms with van der Waals surface area (Å²) in [5.41, 5.74) is 2.09. The summed E-state index contributed by atoms with van der Waals surface area (Å²) in [6.07, 6.45) is 1.54. The number of fused-ring (bicyclic) bond motifs is 1. The lowest BCUT2D eigenvalue weighted by molar-refractivity contribution is -0.116. The van der Waals surface area contributed by atoms with Crippen LogP contribution in [-0.2, 0) is 34.2 Å². The molecular formula is C17H21N3O3S. The number of nitrogens with zero attached hydrogens (tertiary/aromatic N) is 3. The van der Waals surface area contributed by atoms with Gasteiger partial charge in [0.05, 0.1) is 5.75 Å². The van der Waals surface area contributed by atoms with Gasteiger partial charge in [0.2, 0.25) is 11.8 Å². The van der Waals surface area contributed by atoms with Gasteiger partial charge in [0.25, 0.3) is 0 Å². The van der Waals surface area contributed by atoms with Crippen LogP contribution in [0, 0.1) is 5.92 Å². The third-order valence-corrected chi connectivity index (χ3v) is 5.00. The van der Waals surface area contributed by atoms with Crippen LogP contribution >= 0.6 is 0 Å². The van der Waals surface area contributed by atoms with Crippen molar-refractivity contribution in [1.82, 2.24) is 10.1 Å². The summed E-state index contributed by atoms with van der Waals surface area (Å²) in [7, 11) is -1.35. The summed E-state index contributed by atoms with van der Waals surface area (Å²) >= 11 is 0. The lowest BCUT2D eigenvalue weighted by Crippen LogP contribution is -2.33. The molecule has 6 nitrogen and oxygen atoms in total. The van der Waals surface area contributed by atoms with Gasteiger partial charge in [-0.2, -0.15) is 4.98 Å². The highest BCUT2D eigenvalue weighted by Crippen LogP contribution is 2.27. The summed E-state index contributed by atoms with van der Waals surface area (Å²) in [5, 5.41) is 3.85. The first-order valence-corrected chi connectivity index (χ1v) is 9.56. The van der Waals surface area contributed by atoms with E-state index >= 15 is 0 Å². The molecule has 1 aliphatic rings. The van der Waals surface area contributed by atoms with Crippen LogP contribution in [0.2, 0.25) is 0 Å². The molecule has 0 aliphatic carbocycles. The maximum atomic E-state index is 12.4. The largest absolute Gasteiger partial charge is 0.339 e. The highest BCUT2D eigenvalue weighted by atomic mass is 32.2. The molecule has 7 heteroatoms. The van der Waals surface area contributed by atoms with Crippen LogP contribution < -0.4 is 4.90 Å². The molecule has 0 saturated heterocycles. The van der Waals surface area contributed by atoms with Crippen molar-refractivity contribution in [3.8, 4) is 0 Å². The first-order valence-electron chi connectivity index (χ1n) is 8.07.